The molecule has 0 saturated carbocycles. The highest BCUT2D eigenvalue weighted by Gasteiger charge is 2.22. The van der Waals surface area contributed by atoms with E-state index in [2.05, 4.69) is 43.4 Å². The van der Waals surface area contributed by atoms with Gasteiger partial charge in [0.1, 0.15) is 12.4 Å². The van der Waals surface area contributed by atoms with Gasteiger partial charge in [0.15, 0.2) is 6.04 Å². The number of amides is 1. The third-order valence-corrected chi connectivity index (χ3v) is 4.39. The van der Waals surface area contributed by atoms with Crippen molar-refractivity contribution >= 4 is 11.6 Å². The van der Waals surface area contributed by atoms with Crippen LogP contribution in [-0.4, -0.2) is 19.0 Å². The van der Waals surface area contributed by atoms with E-state index in [0.29, 0.717) is 5.92 Å². The smallest absolute Gasteiger partial charge is 0.282 e. The lowest BCUT2D eigenvalue weighted by Crippen LogP contribution is -3.12. The normalized spacial score (nSPS) is 13.6. The number of likely N-dealkylation sites (N-methyl/N-ethyl adjacent to an activating group) is 1. The number of hydrogen-bond acceptors (Lipinski definition) is 1. The molecule has 0 aromatic heterocycles. The summed E-state index contributed by atoms with van der Waals surface area (Å²) in [5.74, 6) is -0.0917. The van der Waals surface area contributed by atoms with Gasteiger partial charge in [0.2, 0.25) is 0 Å². The van der Waals surface area contributed by atoms with Crippen LogP contribution in [0.25, 0.3) is 0 Å². The first-order valence-electron chi connectivity index (χ1n) is 8.35. The van der Waals surface area contributed by atoms with Crippen molar-refractivity contribution in [2.24, 2.45) is 0 Å². The molecule has 0 aliphatic heterocycles. The number of rotatable bonds is 6. The van der Waals surface area contributed by atoms with Crippen molar-refractivity contribution in [3.8, 4) is 0 Å². The van der Waals surface area contributed by atoms with E-state index >= 15 is 0 Å². The molecule has 2 aromatic rings. The van der Waals surface area contributed by atoms with Crippen LogP contribution in [0.5, 0.6) is 0 Å². The number of carbonyl (C=O) groups excluding carboxylic acids is 1. The van der Waals surface area contributed by atoms with Gasteiger partial charge in [-0.05, 0) is 30.5 Å². The van der Waals surface area contributed by atoms with Gasteiger partial charge >= 0.3 is 0 Å². The minimum atomic E-state index is -0.417. The summed E-state index contributed by atoms with van der Waals surface area (Å²) in [4.78, 5) is 13.4. The summed E-state index contributed by atoms with van der Waals surface area (Å²) in [5.41, 5.74) is 2.72. The van der Waals surface area contributed by atoms with Gasteiger partial charge in [-0.15, -0.1) is 0 Å². The summed E-state index contributed by atoms with van der Waals surface area (Å²) >= 11 is 0. The van der Waals surface area contributed by atoms with E-state index in [4.69, 9.17) is 0 Å². The number of carbonyl (C=O) groups is 1. The molecule has 0 spiro atoms. The molecule has 0 bridgehead atoms. The van der Waals surface area contributed by atoms with Crippen LogP contribution in [0, 0.1) is 5.82 Å². The Labute approximate surface area is 143 Å². The van der Waals surface area contributed by atoms with Crippen molar-refractivity contribution in [1.29, 1.82) is 0 Å². The third-order valence-electron chi connectivity index (χ3n) is 4.39. The highest BCUT2D eigenvalue weighted by Crippen LogP contribution is 2.14. The van der Waals surface area contributed by atoms with Gasteiger partial charge in [-0.25, -0.2) is 4.39 Å². The van der Waals surface area contributed by atoms with Crippen molar-refractivity contribution in [2.75, 3.05) is 12.4 Å². The Morgan fingerprint density at radius 2 is 1.71 bits per heavy atom. The van der Waals surface area contributed by atoms with Gasteiger partial charge in [0.05, 0.1) is 12.7 Å². The maximum atomic E-state index is 13.6. The number of nitrogens with one attached hydrogen (secondary N) is 2. The molecule has 0 fully saturated rings. The van der Waals surface area contributed by atoms with Gasteiger partial charge < -0.3 is 10.2 Å². The first-order valence-corrected chi connectivity index (χ1v) is 8.35. The molecule has 0 aliphatic rings. The van der Waals surface area contributed by atoms with Gasteiger partial charge in [0.25, 0.3) is 5.91 Å². The molecule has 0 heterocycles. The second-order valence-electron chi connectivity index (χ2n) is 6.61. The van der Waals surface area contributed by atoms with Gasteiger partial charge in [-0.3, -0.25) is 4.79 Å². The van der Waals surface area contributed by atoms with Crippen molar-refractivity contribution in [3.05, 3.63) is 65.5 Å². The predicted octanol–water partition coefficient (Wildman–Crippen LogP) is 2.99. The van der Waals surface area contributed by atoms with Crippen molar-refractivity contribution in [1.82, 2.24) is 0 Å². The van der Waals surface area contributed by atoms with Crippen molar-refractivity contribution < 1.29 is 14.1 Å². The van der Waals surface area contributed by atoms with E-state index in [1.807, 2.05) is 14.0 Å². The van der Waals surface area contributed by atoms with Crippen molar-refractivity contribution in [3.63, 3.8) is 0 Å². The molecule has 0 radical (unpaired) electrons. The average Bonchev–Trinajstić information content (AvgIpc) is 2.56. The van der Waals surface area contributed by atoms with Crippen molar-refractivity contribution in [2.45, 2.75) is 39.3 Å². The lowest BCUT2D eigenvalue weighted by molar-refractivity contribution is -0.907. The summed E-state index contributed by atoms with van der Waals surface area (Å²) in [5, 5.41) is 2.67. The Morgan fingerprint density at radius 3 is 2.29 bits per heavy atom. The van der Waals surface area contributed by atoms with Gasteiger partial charge in [0, 0.05) is 5.56 Å². The monoisotopic (exact) mass is 329 g/mol. The molecular formula is C20H26FN2O+. The molecule has 2 N–H and O–H groups in total. The Morgan fingerprint density at radius 1 is 1.08 bits per heavy atom. The third kappa shape index (κ3) is 4.65. The van der Waals surface area contributed by atoms with Crippen LogP contribution >= 0.6 is 0 Å². The average molecular weight is 329 g/mol. The Hall–Kier alpha value is -2.20. The highest BCUT2D eigenvalue weighted by molar-refractivity contribution is 5.93. The largest absolute Gasteiger partial charge is 0.324 e. The van der Waals surface area contributed by atoms with Crippen LogP contribution in [0.2, 0.25) is 0 Å². The molecule has 4 heteroatoms. The number of para-hydroxylation sites is 1. The maximum Gasteiger partial charge on any atom is 0.282 e. The van der Waals surface area contributed by atoms with E-state index in [9.17, 15) is 9.18 Å². The van der Waals surface area contributed by atoms with E-state index in [1.54, 1.807) is 18.2 Å². The lowest BCUT2D eigenvalue weighted by atomic mass is 10.0. The number of halogens is 1. The fourth-order valence-corrected chi connectivity index (χ4v) is 2.52. The zero-order valence-electron chi connectivity index (χ0n) is 14.8. The molecule has 128 valence electrons. The second-order valence-corrected chi connectivity index (χ2v) is 6.61. The van der Waals surface area contributed by atoms with E-state index in [-0.39, 0.29) is 17.6 Å². The van der Waals surface area contributed by atoms with Gasteiger partial charge in [-0.2, -0.15) is 0 Å². The molecule has 0 aliphatic carbocycles. The van der Waals surface area contributed by atoms with Crippen LogP contribution in [0.4, 0.5) is 10.1 Å². The fourth-order valence-electron chi connectivity index (χ4n) is 2.52. The van der Waals surface area contributed by atoms with Crippen LogP contribution in [0.3, 0.4) is 0 Å². The summed E-state index contributed by atoms with van der Waals surface area (Å²) in [6.45, 7) is 6.93. The quantitative estimate of drug-likeness (QED) is 0.839. The predicted molar refractivity (Wildman–Crippen MR) is 95.6 cm³/mol. The molecular weight excluding hydrogens is 303 g/mol. The minimum Gasteiger partial charge on any atom is -0.324 e. The highest BCUT2D eigenvalue weighted by atomic mass is 19.1. The standard InChI is InChI=1S/C20H25FN2O/c1-14(2)17-11-9-16(10-12-17)13-23(4)15(3)20(24)22-19-8-6-5-7-18(19)21/h5-12,14-15H,13H2,1-4H3,(H,22,24)/p+1/t15-/m0/s1. The van der Waals surface area contributed by atoms with Crippen LogP contribution in [0.15, 0.2) is 48.5 Å². The molecule has 1 amide bonds. The second kappa shape index (κ2) is 8.06. The summed E-state index contributed by atoms with van der Waals surface area (Å²) in [7, 11) is 1.97. The Bertz CT molecular complexity index is 682. The summed E-state index contributed by atoms with van der Waals surface area (Å²) < 4.78 is 13.6. The zero-order chi connectivity index (χ0) is 17.7. The number of benzene rings is 2. The van der Waals surface area contributed by atoms with E-state index < -0.39 is 5.82 Å². The zero-order valence-corrected chi connectivity index (χ0v) is 14.8. The minimum absolute atomic E-state index is 0.184. The fraction of sp³-hybridized carbons (Fsp3) is 0.350. The number of hydrogen-bond donors (Lipinski definition) is 2. The summed E-state index contributed by atoms with van der Waals surface area (Å²) in [6, 6.07) is 14.4. The van der Waals surface area contributed by atoms with Crippen LogP contribution < -0.4 is 10.2 Å². The topological polar surface area (TPSA) is 33.5 Å². The van der Waals surface area contributed by atoms with Gasteiger partial charge in [-0.1, -0.05) is 50.2 Å². The van der Waals surface area contributed by atoms with Crippen LogP contribution in [-0.2, 0) is 11.3 Å². The summed E-state index contributed by atoms with van der Waals surface area (Å²) in [6.07, 6.45) is 0. The molecule has 24 heavy (non-hydrogen) atoms. The number of quaternary nitrogens is 1. The molecule has 2 aromatic carbocycles. The Kier molecular flexibility index (Phi) is 6.10. The van der Waals surface area contributed by atoms with E-state index in [1.165, 1.54) is 17.2 Å². The molecule has 0 saturated heterocycles. The lowest BCUT2D eigenvalue weighted by Gasteiger charge is -2.21. The number of anilines is 1. The first-order chi connectivity index (χ1) is 11.4. The molecule has 2 atom stereocenters. The molecule has 3 nitrogen and oxygen atoms in total. The van der Waals surface area contributed by atoms with Crippen LogP contribution in [0.1, 0.15) is 37.8 Å². The Balaban J connectivity index is 1.97. The first kappa shape index (κ1) is 18.1. The molecule has 1 unspecified atom stereocenters. The maximum absolute atomic E-state index is 13.6. The molecule has 2 rings (SSSR count). The SMILES string of the molecule is CC(C)c1ccc(C[NH+](C)[C@@H](C)C(=O)Nc2ccccc2F)cc1. The van der Waals surface area contributed by atoms with E-state index in [0.717, 1.165) is 11.4 Å².